The highest BCUT2D eigenvalue weighted by atomic mass is 16.6. The summed E-state index contributed by atoms with van der Waals surface area (Å²) >= 11 is 0. The third-order valence-electron chi connectivity index (χ3n) is 3.37. The molecule has 0 unspecified atom stereocenters. The molecule has 0 bridgehead atoms. The fourth-order valence-electron chi connectivity index (χ4n) is 2.37. The summed E-state index contributed by atoms with van der Waals surface area (Å²) in [5.41, 5.74) is 2.38. The monoisotopic (exact) mass is 306 g/mol. The lowest BCUT2D eigenvalue weighted by Crippen LogP contribution is -2.34. The molecule has 1 aromatic carbocycles. The second-order valence-electron chi connectivity index (χ2n) is 6.46. The molecule has 6 heteroatoms. The number of aliphatic hydroxyl groups is 1. The van der Waals surface area contributed by atoms with Crippen LogP contribution in [0.1, 0.15) is 47.8 Å². The van der Waals surface area contributed by atoms with Crippen LogP contribution in [0.15, 0.2) is 12.1 Å². The maximum atomic E-state index is 12.1. The molecule has 0 aliphatic carbocycles. The Balaban J connectivity index is 2.23. The summed E-state index contributed by atoms with van der Waals surface area (Å²) in [5, 5.41) is 12.1. The van der Waals surface area contributed by atoms with Crippen LogP contribution in [0.4, 0.5) is 4.79 Å². The van der Waals surface area contributed by atoms with Crippen molar-refractivity contribution in [1.29, 1.82) is 0 Å². The van der Waals surface area contributed by atoms with Crippen LogP contribution in [-0.4, -0.2) is 34.7 Å². The molecule has 2 rings (SSSR count). The zero-order valence-electron chi connectivity index (χ0n) is 13.4. The lowest BCUT2D eigenvalue weighted by molar-refractivity contribution is 0.0284. The van der Waals surface area contributed by atoms with Crippen LogP contribution in [0.2, 0.25) is 0 Å². The maximum Gasteiger partial charge on any atom is 0.410 e. The molecule has 6 nitrogen and oxygen atoms in total. The van der Waals surface area contributed by atoms with Crippen molar-refractivity contribution in [2.45, 2.75) is 46.1 Å². The molecule has 2 amide bonds. The van der Waals surface area contributed by atoms with E-state index in [1.54, 1.807) is 13.1 Å². The second-order valence-corrected chi connectivity index (χ2v) is 6.46. The second kappa shape index (κ2) is 5.96. The molecule has 0 atom stereocenters. The fraction of sp³-hybridized carbons (Fsp3) is 0.500. The number of carbonyl (C=O) groups excluding carboxylic acids is 2. The van der Waals surface area contributed by atoms with Crippen molar-refractivity contribution in [3.8, 4) is 0 Å². The van der Waals surface area contributed by atoms with Crippen molar-refractivity contribution < 1.29 is 19.4 Å². The van der Waals surface area contributed by atoms with Gasteiger partial charge in [0, 0.05) is 25.7 Å². The number of amides is 2. The molecular formula is C16H22N2O4. The highest BCUT2D eigenvalue weighted by Crippen LogP contribution is 2.24. The van der Waals surface area contributed by atoms with Crippen molar-refractivity contribution in [3.05, 3.63) is 34.4 Å². The van der Waals surface area contributed by atoms with Crippen LogP contribution in [0.25, 0.3) is 0 Å². The summed E-state index contributed by atoms with van der Waals surface area (Å²) in [6.07, 6.45) is -0.423. The lowest BCUT2D eigenvalue weighted by Gasteiger charge is -2.25. The minimum atomic E-state index is -0.558. The van der Waals surface area contributed by atoms with Gasteiger partial charge in [-0.25, -0.2) is 4.79 Å². The van der Waals surface area contributed by atoms with Crippen molar-refractivity contribution in [2.75, 3.05) is 7.05 Å². The number of carbonyl (C=O) groups is 2. The average Bonchev–Trinajstić information content (AvgIpc) is 2.78. The number of nitrogens with one attached hydrogen (secondary N) is 1. The molecule has 2 N–H and O–H groups in total. The number of benzene rings is 1. The molecule has 0 saturated carbocycles. The van der Waals surface area contributed by atoms with E-state index in [2.05, 4.69) is 5.32 Å². The van der Waals surface area contributed by atoms with Crippen LogP contribution in [0.5, 0.6) is 0 Å². The molecule has 0 radical (unpaired) electrons. The summed E-state index contributed by atoms with van der Waals surface area (Å²) < 4.78 is 5.32. The summed E-state index contributed by atoms with van der Waals surface area (Å²) in [5.74, 6) is -0.147. The van der Waals surface area contributed by atoms with Crippen LogP contribution >= 0.6 is 0 Å². The number of fused-ring (bicyclic) bond motifs is 1. The summed E-state index contributed by atoms with van der Waals surface area (Å²) in [6.45, 7) is 6.04. The Bertz CT molecular complexity index is 605. The Kier molecular flexibility index (Phi) is 4.42. The molecular weight excluding hydrogens is 284 g/mol. The van der Waals surface area contributed by atoms with Gasteiger partial charge in [0.05, 0.1) is 6.61 Å². The van der Waals surface area contributed by atoms with Crippen LogP contribution in [0, 0.1) is 0 Å². The summed E-state index contributed by atoms with van der Waals surface area (Å²) in [6, 6.07) is 3.51. The molecule has 1 heterocycles. The fourth-order valence-corrected chi connectivity index (χ4v) is 2.37. The smallest absolute Gasteiger partial charge is 0.410 e. The van der Waals surface area contributed by atoms with Gasteiger partial charge < -0.3 is 20.1 Å². The van der Waals surface area contributed by atoms with E-state index in [0.29, 0.717) is 24.2 Å². The number of rotatable bonds is 3. The summed E-state index contributed by atoms with van der Waals surface area (Å²) in [4.78, 5) is 25.3. The van der Waals surface area contributed by atoms with Gasteiger partial charge in [0.15, 0.2) is 0 Å². The quantitative estimate of drug-likeness (QED) is 0.892. The van der Waals surface area contributed by atoms with E-state index in [0.717, 1.165) is 11.1 Å². The van der Waals surface area contributed by atoms with E-state index in [1.165, 1.54) is 4.90 Å². The minimum Gasteiger partial charge on any atom is -0.444 e. The Morgan fingerprint density at radius 2 is 2.09 bits per heavy atom. The van der Waals surface area contributed by atoms with E-state index < -0.39 is 11.7 Å². The maximum absolute atomic E-state index is 12.1. The Hall–Kier alpha value is -2.08. The van der Waals surface area contributed by atoms with Crippen LogP contribution < -0.4 is 5.32 Å². The summed E-state index contributed by atoms with van der Waals surface area (Å²) in [7, 11) is 1.65. The van der Waals surface area contributed by atoms with E-state index in [4.69, 9.17) is 4.74 Å². The largest absolute Gasteiger partial charge is 0.444 e. The lowest BCUT2D eigenvalue weighted by atomic mass is 9.99. The molecule has 120 valence electrons. The van der Waals surface area contributed by atoms with Gasteiger partial charge in [-0.3, -0.25) is 4.79 Å². The first-order valence-electron chi connectivity index (χ1n) is 7.19. The first-order valence-corrected chi connectivity index (χ1v) is 7.19. The van der Waals surface area contributed by atoms with Crippen LogP contribution in [0.3, 0.4) is 0 Å². The van der Waals surface area contributed by atoms with E-state index in [-0.39, 0.29) is 12.5 Å². The Morgan fingerprint density at radius 1 is 1.41 bits per heavy atom. The van der Waals surface area contributed by atoms with Crippen molar-refractivity contribution >= 4 is 12.0 Å². The third kappa shape index (κ3) is 3.57. The number of hydrogen-bond acceptors (Lipinski definition) is 4. The third-order valence-corrected chi connectivity index (χ3v) is 3.37. The predicted octanol–water partition coefficient (Wildman–Crippen LogP) is 1.79. The van der Waals surface area contributed by atoms with Gasteiger partial charge in [0.1, 0.15) is 5.60 Å². The standard InChI is InChI=1S/C16H22N2O4/c1-16(2,3)22-15(21)18(4)8-11-5-10(9-19)6-12-13(11)7-17-14(12)20/h5-6,19H,7-9H2,1-4H3,(H,17,20). The first kappa shape index (κ1) is 16.3. The van der Waals surface area contributed by atoms with Gasteiger partial charge in [0.25, 0.3) is 5.91 Å². The highest BCUT2D eigenvalue weighted by Gasteiger charge is 2.25. The molecule has 0 aromatic heterocycles. The molecule has 0 spiro atoms. The zero-order chi connectivity index (χ0) is 16.5. The Morgan fingerprint density at radius 3 is 2.68 bits per heavy atom. The molecule has 1 aliphatic rings. The van der Waals surface area contributed by atoms with Gasteiger partial charge in [-0.2, -0.15) is 0 Å². The van der Waals surface area contributed by atoms with Crippen molar-refractivity contribution in [1.82, 2.24) is 10.2 Å². The number of aliphatic hydroxyl groups excluding tert-OH is 1. The number of hydrogen-bond donors (Lipinski definition) is 2. The van der Waals surface area contributed by atoms with Crippen molar-refractivity contribution in [3.63, 3.8) is 0 Å². The predicted molar refractivity (Wildman–Crippen MR) is 81.2 cm³/mol. The highest BCUT2D eigenvalue weighted by molar-refractivity contribution is 5.98. The van der Waals surface area contributed by atoms with Crippen molar-refractivity contribution in [2.24, 2.45) is 0 Å². The molecule has 0 saturated heterocycles. The molecule has 1 aromatic rings. The SMILES string of the molecule is CN(Cc1cc(CO)cc2c1CNC2=O)C(=O)OC(C)(C)C. The van der Waals surface area contributed by atoms with Gasteiger partial charge in [0.2, 0.25) is 0 Å². The van der Waals surface area contributed by atoms with Gasteiger partial charge >= 0.3 is 6.09 Å². The average molecular weight is 306 g/mol. The number of ether oxygens (including phenoxy) is 1. The normalized spacial score (nSPS) is 13.6. The van der Waals surface area contributed by atoms with Crippen LogP contribution in [-0.2, 0) is 24.4 Å². The van der Waals surface area contributed by atoms with E-state index in [9.17, 15) is 14.7 Å². The van der Waals surface area contributed by atoms with Gasteiger partial charge in [-0.15, -0.1) is 0 Å². The zero-order valence-corrected chi connectivity index (χ0v) is 13.4. The molecule has 1 aliphatic heterocycles. The van der Waals surface area contributed by atoms with Gasteiger partial charge in [-0.1, -0.05) is 6.07 Å². The molecule has 0 fully saturated rings. The number of nitrogens with zero attached hydrogens (tertiary/aromatic N) is 1. The Labute approximate surface area is 130 Å². The van der Waals surface area contributed by atoms with Gasteiger partial charge in [-0.05, 0) is 43.5 Å². The minimum absolute atomic E-state index is 0.147. The van der Waals surface area contributed by atoms with E-state index in [1.807, 2.05) is 26.8 Å². The first-order chi connectivity index (χ1) is 10.2. The molecule has 22 heavy (non-hydrogen) atoms. The van der Waals surface area contributed by atoms with E-state index >= 15 is 0 Å². The topological polar surface area (TPSA) is 78.9 Å².